The average Bonchev–Trinajstić information content (AvgIpc) is 2.40. The van der Waals surface area contributed by atoms with E-state index >= 15 is 0 Å². The normalized spacial score (nSPS) is 18.1. The van der Waals surface area contributed by atoms with Crippen molar-refractivity contribution >= 4 is 5.91 Å². The van der Waals surface area contributed by atoms with Crippen molar-refractivity contribution in [2.75, 3.05) is 19.8 Å². The number of ether oxygens (including phenoxy) is 1. The Morgan fingerprint density at radius 1 is 1.37 bits per heavy atom. The van der Waals surface area contributed by atoms with Crippen LogP contribution in [-0.2, 0) is 4.74 Å². The van der Waals surface area contributed by atoms with E-state index < -0.39 is 5.60 Å². The summed E-state index contributed by atoms with van der Waals surface area (Å²) in [7, 11) is 0. The van der Waals surface area contributed by atoms with Crippen LogP contribution in [0.1, 0.15) is 34.3 Å². The van der Waals surface area contributed by atoms with Crippen LogP contribution in [0.4, 0.5) is 0 Å². The zero-order chi connectivity index (χ0) is 13.9. The van der Waals surface area contributed by atoms with Crippen molar-refractivity contribution in [2.45, 2.75) is 32.3 Å². The fourth-order valence-corrected chi connectivity index (χ4v) is 2.25. The van der Waals surface area contributed by atoms with E-state index in [4.69, 9.17) is 4.74 Å². The predicted molar refractivity (Wildman–Crippen MR) is 73.3 cm³/mol. The van der Waals surface area contributed by atoms with Crippen LogP contribution >= 0.6 is 0 Å². The highest BCUT2D eigenvalue weighted by Gasteiger charge is 2.30. The van der Waals surface area contributed by atoms with Crippen molar-refractivity contribution < 1.29 is 14.6 Å². The SMILES string of the molecule is Cc1ccc(C)c(C(=O)NCC2(O)CCOCC2)c1. The van der Waals surface area contributed by atoms with Crippen molar-refractivity contribution in [3.63, 3.8) is 0 Å². The van der Waals surface area contributed by atoms with Crippen molar-refractivity contribution in [1.29, 1.82) is 0 Å². The number of aryl methyl sites for hydroxylation is 2. The lowest BCUT2D eigenvalue weighted by atomic mass is 9.94. The Labute approximate surface area is 113 Å². The van der Waals surface area contributed by atoms with Crippen LogP contribution in [0, 0.1) is 13.8 Å². The van der Waals surface area contributed by atoms with Gasteiger partial charge in [0.2, 0.25) is 0 Å². The molecule has 2 rings (SSSR count). The molecule has 1 aliphatic heterocycles. The summed E-state index contributed by atoms with van der Waals surface area (Å²) in [5, 5.41) is 13.1. The second kappa shape index (κ2) is 5.72. The van der Waals surface area contributed by atoms with E-state index in [1.807, 2.05) is 32.0 Å². The Kier molecular flexibility index (Phi) is 4.22. The smallest absolute Gasteiger partial charge is 0.251 e. The lowest BCUT2D eigenvalue weighted by Crippen LogP contribution is -2.46. The summed E-state index contributed by atoms with van der Waals surface area (Å²) >= 11 is 0. The first-order valence-corrected chi connectivity index (χ1v) is 6.66. The molecule has 0 atom stereocenters. The van der Waals surface area contributed by atoms with Gasteiger partial charge in [0, 0.05) is 38.2 Å². The third-order valence-corrected chi connectivity index (χ3v) is 3.64. The van der Waals surface area contributed by atoms with E-state index in [0.29, 0.717) is 31.6 Å². The van der Waals surface area contributed by atoms with Crippen molar-refractivity contribution in [3.8, 4) is 0 Å². The van der Waals surface area contributed by atoms with Gasteiger partial charge in [0.25, 0.3) is 5.91 Å². The van der Waals surface area contributed by atoms with Crippen LogP contribution < -0.4 is 5.32 Å². The topological polar surface area (TPSA) is 58.6 Å². The van der Waals surface area contributed by atoms with Gasteiger partial charge in [-0.05, 0) is 25.5 Å². The van der Waals surface area contributed by atoms with E-state index in [9.17, 15) is 9.90 Å². The molecule has 0 unspecified atom stereocenters. The monoisotopic (exact) mass is 263 g/mol. The number of nitrogens with one attached hydrogen (secondary N) is 1. The molecule has 0 radical (unpaired) electrons. The Morgan fingerprint density at radius 3 is 2.74 bits per heavy atom. The molecule has 4 nitrogen and oxygen atoms in total. The van der Waals surface area contributed by atoms with Gasteiger partial charge in [-0.15, -0.1) is 0 Å². The first-order valence-electron chi connectivity index (χ1n) is 6.66. The molecule has 19 heavy (non-hydrogen) atoms. The quantitative estimate of drug-likeness (QED) is 0.870. The molecule has 1 fully saturated rings. The first-order chi connectivity index (χ1) is 9.00. The van der Waals surface area contributed by atoms with E-state index in [0.717, 1.165) is 11.1 Å². The summed E-state index contributed by atoms with van der Waals surface area (Å²) in [4.78, 5) is 12.1. The predicted octanol–water partition coefficient (Wildman–Crippen LogP) is 1.57. The highest BCUT2D eigenvalue weighted by Crippen LogP contribution is 2.19. The summed E-state index contributed by atoms with van der Waals surface area (Å²) in [5.41, 5.74) is 1.85. The van der Waals surface area contributed by atoms with Crippen molar-refractivity contribution in [3.05, 3.63) is 34.9 Å². The zero-order valence-corrected chi connectivity index (χ0v) is 11.5. The van der Waals surface area contributed by atoms with Crippen LogP contribution in [0.15, 0.2) is 18.2 Å². The van der Waals surface area contributed by atoms with Gasteiger partial charge >= 0.3 is 0 Å². The summed E-state index contributed by atoms with van der Waals surface area (Å²) in [6.07, 6.45) is 1.14. The third-order valence-electron chi connectivity index (χ3n) is 3.64. The summed E-state index contributed by atoms with van der Waals surface area (Å²) in [6.45, 7) is 5.26. The van der Waals surface area contributed by atoms with Gasteiger partial charge in [-0.3, -0.25) is 4.79 Å². The Morgan fingerprint density at radius 2 is 2.05 bits per heavy atom. The number of rotatable bonds is 3. The summed E-state index contributed by atoms with van der Waals surface area (Å²) in [6, 6.07) is 5.80. The molecule has 0 bridgehead atoms. The maximum Gasteiger partial charge on any atom is 0.251 e. The molecule has 0 spiro atoms. The minimum atomic E-state index is -0.828. The molecule has 1 saturated heterocycles. The van der Waals surface area contributed by atoms with Crippen LogP contribution in [0.25, 0.3) is 0 Å². The molecular weight excluding hydrogens is 242 g/mol. The molecule has 1 aliphatic rings. The number of benzene rings is 1. The molecule has 1 aromatic carbocycles. The number of carbonyl (C=O) groups is 1. The van der Waals surface area contributed by atoms with Gasteiger partial charge in [-0.2, -0.15) is 0 Å². The number of hydrogen-bond donors (Lipinski definition) is 2. The average molecular weight is 263 g/mol. The minimum Gasteiger partial charge on any atom is -0.388 e. The molecule has 0 aromatic heterocycles. The number of carbonyl (C=O) groups excluding carboxylic acids is 1. The Bertz CT molecular complexity index is 464. The molecule has 1 heterocycles. The van der Waals surface area contributed by atoms with Gasteiger partial charge in [0.05, 0.1) is 5.60 Å². The number of amides is 1. The zero-order valence-electron chi connectivity index (χ0n) is 11.5. The Hall–Kier alpha value is -1.39. The standard InChI is InChI=1S/C15H21NO3/c1-11-3-4-12(2)13(9-11)14(17)16-10-15(18)5-7-19-8-6-15/h3-4,9,18H,5-8,10H2,1-2H3,(H,16,17). The number of hydrogen-bond acceptors (Lipinski definition) is 3. The maximum atomic E-state index is 12.1. The Balaban J connectivity index is 1.99. The fraction of sp³-hybridized carbons (Fsp3) is 0.533. The van der Waals surface area contributed by atoms with Gasteiger partial charge in [0.1, 0.15) is 0 Å². The van der Waals surface area contributed by atoms with Crippen molar-refractivity contribution in [1.82, 2.24) is 5.32 Å². The highest BCUT2D eigenvalue weighted by molar-refractivity contribution is 5.95. The summed E-state index contributed by atoms with van der Waals surface area (Å²) in [5.74, 6) is -0.124. The molecule has 0 saturated carbocycles. The minimum absolute atomic E-state index is 0.124. The second-order valence-electron chi connectivity index (χ2n) is 5.34. The van der Waals surface area contributed by atoms with Gasteiger partial charge in [0.15, 0.2) is 0 Å². The molecule has 1 aromatic rings. The van der Waals surface area contributed by atoms with Gasteiger partial charge in [-0.25, -0.2) is 0 Å². The van der Waals surface area contributed by atoms with E-state index in [-0.39, 0.29) is 12.5 Å². The van der Waals surface area contributed by atoms with Crippen LogP contribution in [0.5, 0.6) is 0 Å². The highest BCUT2D eigenvalue weighted by atomic mass is 16.5. The van der Waals surface area contributed by atoms with E-state index in [1.54, 1.807) is 0 Å². The fourth-order valence-electron chi connectivity index (χ4n) is 2.25. The van der Waals surface area contributed by atoms with E-state index in [2.05, 4.69) is 5.32 Å². The molecule has 0 aliphatic carbocycles. The maximum absolute atomic E-state index is 12.1. The lowest BCUT2D eigenvalue weighted by Gasteiger charge is -2.32. The van der Waals surface area contributed by atoms with Gasteiger partial charge in [-0.1, -0.05) is 17.7 Å². The molecule has 2 N–H and O–H groups in total. The van der Waals surface area contributed by atoms with Crippen molar-refractivity contribution in [2.24, 2.45) is 0 Å². The molecular formula is C15H21NO3. The summed E-state index contributed by atoms with van der Waals surface area (Å²) < 4.78 is 5.22. The molecule has 1 amide bonds. The lowest BCUT2D eigenvalue weighted by molar-refractivity contribution is -0.0605. The van der Waals surface area contributed by atoms with Crippen LogP contribution in [0.2, 0.25) is 0 Å². The largest absolute Gasteiger partial charge is 0.388 e. The van der Waals surface area contributed by atoms with Crippen LogP contribution in [0.3, 0.4) is 0 Å². The molecule has 104 valence electrons. The number of aliphatic hydroxyl groups is 1. The van der Waals surface area contributed by atoms with E-state index in [1.165, 1.54) is 0 Å². The molecule has 4 heteroatoms. The van der Waals surface area contributed by atoms with Crippen LogP contribution in [-0.4, -0.2) is 36.4 Å². The third kappa shape index (κ3) is 3.55. The second-order valence-corrected chi connectivity index (χ2v) is 5.34. The van der Waals surface area contributed by atoms with Gasteiger partial charge < -0.3 is 15.2 Å². The first kappa shape index (κ1) is 14.0.